The summed E-state index contributed by atoms with van der Waals surface area (Å²) in [4.78, 5) is 30.4. The monoisotopic (exact) mass is 445 g/mol. The maximum Gasteiger partial charge on any atom is 0.417 e. The van der Waals surface area contributed by atoms with E-state index < -0.39 is 23.2 Å². The van der Waals surface area contributed by atoms with Crippen LogP contribution in [0.3, 0.4) is 0 Å². The Kier molecular flexibility index (Phi) is 6.97. The van der Waals surface area contributed by atoms with Gasteiger partial charge in [0.25, 0.3) is 11.8 Å². The minimum absolute atomic E-state index is 0.143. The molecule has 168 valence electrons. The first-order valence-corrected chi connectivity index (χ1v) is 10.0. The number of alkyl halides is 3. The summed E-state index contributed by atoms with van der Waals surface area (Å²) < 4.78 is 46.8. The molecule has 0 saturated carbocycles. The highest BCUT2D eigenvalue weighted by Crippen LogP contribution is 2.37. The number of nitrogens with one attached hydrogen (secondary N) is 1. The normalized spacial score (nSPS) is 11.3. The van der Waals surface area contributed by atoms with Crippen LogP contribution in [-0.4, -0.2) is 41.4 Å². The predicted molar refractivity (Wildman–Crippen MR) is 115 cm³/mol. The molecule has 0 aliphatic heterocycles. The van der Waals surface area contributed by atoms with E-state index in [0.29, 0.717) is 18.8 Å². The van der Waals surface area contributed by atoms with E-state index in [9.17, 15) is 22.8 Å². The third-order valence-electron chi connectivity index (χ3n) is 4.87. The molecule has 0 radical (unpaired) electrons. The van der Waals surface area contributed by atoms with Crippen LogP contribution in [0.25, 0.3) is 10.9 Å². The van der Waals surface area contributed by atoms with Gasteiger partial charge in [-0.2, -0.15) is 13.2 Å². The molecule has 9 heteroatoms. The number of ether oxygens (including phenoxy) is 1. The van der Waals surface area contributed by atoms with E-state index in [0.717, 1.165) is 6.20 Å². The number of fused-ring (bicyclic) bond motifs is 1. The minimum Gasteiger partial charge on any atom is -0.484 e. The molecule has 6 nitrogen and oxygen atoms in total. The number of likely N-dealkylation sites (N-methyl/N-ethyl adjacent to an activating group) is 1. The molecule has 1 N–H and O–H groups in total. The third kappa shape index (κ3) is 5.16. The van der Waals surface area contributed by atoms with E-state index in [2.05, 4.69) is 10.3 Å². The lowest BCUT2D eigenvalue weighted by Crippen LogP contribution is -2.34. The van der Waals surface area contributed by atoms with Crippen LogP contribution in [0.5, 0.6) is 5.75 Å². The van der Waals surface area contributed by atoms with E-state index in [1.807, 2.05) is 13.8 Å². The molecule has 0 aliphatic rings. The van der Waals surface area contributed by atoms with Crippen molar-refractivity contribution in [2.75, 3.05) is 25.0 Å². The van der Waals surface area contributed by atoms with Crippen LogP contribution in [0.2, 0.25) is 0 Å². The summed E-state index contributed by atoms with van der Waals surface area (Å²) in [7, 11) is 0. The van der Waals surface area contributed by atoms with Crippen molar-refractivity contribution in [3.63, 3.8) is 0 Å². The zero-order valence-electron chi connectivity index (χ0n) is 17.6. The Morgan fingerprint density at radius 2 is 1.78 bits per heavy atom. The quantitative estimate of drug-likeness (QED) is 0.570. The van der Waals surface area contributed by atoms with Gasteiger partial charge in [-0.25, -0.2) is 0 Å². The molecule has 1 aromatic heterocycles. The fourth-order valence-corrected chi connectivity index (χ4v) is 3.29. The van der Waals surface area contributed by atoms with Crippen LogP contribution in [0.4, 0.5) is 18.9 Å². The average molecular weight is 445 g/mol. The van der Waals surface area contributed by atoms with E-state index in [4.69, 9.17) is 4.74 Å². The van der Waals surface area contributed by atoms with Gasteiger partial charge in [0, 0.05) is 36.4 Å². The lowest BCUT2D eigenvalue weighted by atomic mass is 10.0. The summed E-state index contributed by atoms with van der Waals surface area (Å²) in [6.07, 6.45) is -3.82. The minimum atomic E-state index is -4.75. The van der Waals surface area contributed by atoms with Crippen molar-refractivity contribution < 1.29 is 27.5 Å². The van der Waals surface area contributed by atoms with Gasteiger partial charge in [0.1, 0.15) is 5.75 Å². The summed E-state index contributed by atoms with van der Waals surface area (Å²) >= 11 is 0. The van der Waals surface area contributed by atoms with Gasteiger partial charge in [0.15, 0.2) is 6.61 Å². The second kappa shape index (κ2) is 9.67. The number of carbonyl (C=O) groups excluding carboxylic acids is 2. The summed E-state index contributed by atoms with van der Waals surface area (Å²) in [5, 5.41) is 2.30. The molecule has 0 aliphatic carbocycles. The van der Waals surface area contributed by atoms with E-state index in [-0.39, 0.29) is 29.1 Å². The largest absolute Gasteiger partial charge is 0.484 e. The average Bonchev–Trinajstić information content (AvgIpc) is 2.77. The molecule has 0 spiro atoms. The van der Waals surface area contributed by atoms with Gasteiger partial charge in [-0.1, -0.05) is 24.3 Å². The smallest absolute Gasteiger partial charge is 0.417 e. The lowest BCUT2D eigenvalue weighted by molar-refractivity contribution is -0.136. The number of rotatable bonds is 7. The fraction of sp³-hybridized carbons (Fsp3) is 0.261. The molecule has 0 atom stereocenters. The van der Waals surface area contributed by atoms with E-state index in [1.165, 1.54) is 30.3 Å². The zero-order chi connectivity index (χ0) is 23.3. The first-order chi connectivity index (χ1) is 15.2. The fourth-order valence-electron chi connectivity index (χ4n) is 3.29. The molecule has 0 bridgehead atoms. The number of pyridine rings is 1. The first-order valence-electron chi connectivity index (χ1n) is 10.0. The number of carbonyl (C=O) groups is 2. The second-order valence-electron chi connectivity index (χ2n) is 6.90. The zero-order valence-corrected chi connectivity index (χ0v) is 17.6. The summed E-state index contributed by atoms with van der Waals surface area (Å²) in [6.45, 7) is 4.63. The molecule has 3 rings (SSSR count). The van der Waals surface area contributed by atoms with Gasteiger partial charge in [0.2, 0.25) is 0 Å². The van der Waals surface area contributed by atoms with Gasteiger partial charge in [-0.3, -0.25) is 14.6 Å². The van der Waals surface area contributed by atoms with Crippen molar-refractivity contribution >= 4 is 28.4 Å². The van der Waals surface area contributed by atoms with Crippen molar-refractivity contribution in [3.05, 3.63) is 65.9 Å². The first kappa shape index (κ1) is 23.1. The van der Waals surface area contributed by atoms with Gasteiger partial charge >= 0.3 is 6.18 Å². The van der Waals surface area contributed by atoms with Crippen molar-refractivity contribution in [2.24, 2.45) is 0 Å². The Bertz CT molecular complexity index is 1130. The Labute approximate surface area is 183 Å². The summed E-state index contributed by atoms with van der Waals surface area (Å²) in [5.41, 5.74) is -1.26. The summed E-state index contributed by atoms with van der Waals surface area (Å²) in [6, 6.07) is 11.9. The lowest BCUT2D eigenvalue weighted by Gasteiger charge is -2.19. The molecule has 32 heavy (non-hydrogen) atoms. The Morgan fingerprint density at radius 1 is 1.06 bits per heavy atom. The van der Waals surface area contributed by atoms with Crippen LogP contribution in [0.1, 0.15) is 29.8 Å². The summed E-state index contributed by atoms with van der Waals surface area (Å²) in [5.74, 6) is -0.843. The Balaban J connectivity index is 1.82. The van der Waals surface area contributed by atoms with Gasteiger partial charge in [0.05, 0.1) is 16.6 Å². The molecule has 3 aromatic rings. The highest BCUT2D eigenvalue weighted by atomic mass is 19.4. The van der Waals surface area contributed by atoms with Crippen LogP contribution in [-0.2, 0) is 11.0 Å². The number of anilines is 1. The third-order valence-corrected chi connectivity index (χ3v) is 4.87. The van der Waals surface area contributed by atoms with Crippen molar-refractivity contribution in [2.45, 2.75) is 20.0 Å². The SMILES string of the molecule is CCN(CC)C(=O)COc1cccc(NC(=O)c2cnc3ccccc3c2C(F)(F)F)c1. The van der Waals surface area contributed by atoms with Crippen molar-refractivity contribution in [1.29, 1.82) is 0 Å². The highest BCUT2D eigenvalue weighted by molar-refractivity contribution is 6.07. The molecule has 0 fully saturated rings. The van der Waals surface area contributed by atoms with Gasteiger partial charge in [-0.05, 0) is 32.0 Å². The number of benzene rings is 2. The molecular weight excluding hydrogens is 423 g/mol. The molecule has 1 heterocycles. The number of nitrogens with zero attached hydrogens (tertiary/aromatic N) is 2. The van der Waals surface area contributed by atoms with Crippen LogP contribution in [0, 0.1) is 0 Å². The number of aromatic nitrogens is 1. The molecule has 0 unspecified atom stereocenters. The topological polar surface area (TPSA) is 71.5 Å². The van der Waals surface area contributed by atoms with Gasteiger partial charge < -0.3 is 15.0 Å². The van der Waals surface area contributed by atoms with Crippen LogP contribution in [0.15, 0.2) is 54.7 Å². The molecule has 2 aromatic carbocycles. The number of hydrogen-bond donors (Lipinski definition) is 1. The second-order valence-corrected chi connectivity index (χ2v) is 6.90. The van der Waals surface area contributed by atoms with E-state index >= 15 is 0 Å². The van der Waals surface area contributed by atoms with Crippen LogP contribution < -0.4 is 10.1 Å². The Hall–Kier alpha value is -3.62. The van der Waals surface area contributed by atoms with Crippen molar-refractivity contribution in [3.8, 4) is 5.75 Å². The number of hydrogen-bond acceptors (Lipinski definition) is 4. The standard InChI is InChI=1S/C23H22F3N3O3/c1-3-29(4-2)20(30)14-32-16-9-7-8-15(12-16)28-22(31)18-13-27-19-11-6-5-10-17(19)21(18)23(24,25)26/h5-13H,3-4,14H2,1-2H3,(H,28,31). The van der Waals surface area contributed by atoms with E-state index in [1.54, 1.807) is 23.1 Å². The van der Waals surface area contributed by atoms with Crippen LogP contribution >= 0.6 is 0 Å². The molecule has 2 amide bonds. The number of amides is 2. The maximum absolute atomic E-state index is 13.8. The maximum atomic E-state index is 13.8. The van der Waals surface area contributed by atoms with Crippen molar-refractivity contribution in [1.82, 2.24) is 9.88 Å². The molecule has 0 saturated heterocycles. The number of halogens is 3. The van der Waals surface area contributed by atoms with Gasteiger partial charge in [-0.15, -0.1) is 0 Å². The predicted octanol–water partition coefficient (Wildman–Crippen LogP) is 4.75. The highest BCUT2D eigenvalue weighted by Gasteiger charge is 2.37. The Morgan fingerprint density at radius 3 is 2.47 bits per heavy atom. The number of para-hydroxylation sites is 1. The molecular formula is C23H22F3N3O3.